The van der Waals surface area contributed by atoms with Crippen molar-refractivity contribution < 1.29 is 37.9 Å². The van der Waals surface area contributed by atoms with Crippen LogP contribution in [0.4, 0.5) is 0 Å². The SMILES string of the molecule is CC/C=C\C/C=C\C/C=C\C/C=C\C/C=C\C/C=C\CCC(=O)OC[C@H](COP(=O)(O)O)OC(=O)CCCC/C=C\C/C=C\C/C=C\CCCCC. The minimum atomic E-state index is -4.79. The molecule has 0 aromatic heterocycles. The van der Waals surface area contributed by atoms with Gasteiger partial charge in [0.05, 0.1) is 6.61 Å². The summed E-state index contributed by atoms with van der Waals surface area (Å²) in [4.78, 5) is 42.7. The maximum Gasteiger partial charge on any atom is 0.469 e. The molecule has 0 aliphatic heterocycles. The zero-order valence-corrected chi connectivity index (χ0v) is 32.8. The van der Waals surface area contributed by atoms with Gasteiger partial charge in [-0.15, -0.1) is 0 Å². The molecular formula is C43H67O8P. The average molecular weight is 743 g/mol. The fourth-order valence-corrected chi connectivity index (χ4v) is 4.82. The quantitative estimate of drug-likeness (QED) is 0.0295. The largest absolute Gasteiger partial charge is 0.469 e. The maximum atomic E-state index is 12.3. The zero-order chi connectivity index (χ0) is 38.2. The minimum absolute atomic E-state index is 0.127. The van der Waals surface area contributed by atoms with Crippen molar-refractivity contribution in [3.63, 3.8) is 0 Å². The number of ether oxygens (including phenoxy) is 2. The second-order valence-corrected chi connectivity index (χ2v) is 13.4. The van der Waals surface area contributed by atoms with Crippen molar-refractivity contribution in [2.24, 2.45) is 0 Å². The van der Waals surface area contributed by atoms with Crippen LogP contribution >= 0.6 is 7.82 Å². The fraction of sp³-hybridized carbons (Fsp3) is 0.535. The van der Waals surface area contributed by atoms with Crippen LogP contribution in [0.15, 0.2) is 109 Å². The lowest BCUT2D eigenvalue weighted by Crippen LogP contribution is -2.29. The molecule has 0 unspecified atom stereocenters. The Labute approximate surface area is 315 Å². The highest BCUT2D eigenvalue weighted by molar-refractivity contribution is 7.46. The summed E-state index contributed by atoms with van der Waals surface area (Å²) < 4.78 is 26.2. The summed E-state index contributed by atoms with van der Waals surface area (Å²) in [5.41, 5.74) is 0. The summed E-state index contributed by atoms with van der Waals surface area (Å²) in [7, 11) is -4.79. The smallest absolute Gasteiger partial charge is 0.462 e. The second kappa shape index (κ2) is 37.5. The monoisotopic (exact) mass is 742 g/mol. The van der Waals surface area contributed by atoms with Crippen LogP contribution < -0.4 is 0 Å². The predicted octanol–water partition coefficient (Wildman–Crippen LogP) is 11.6. The molecule has 0 bridgehead atoms. The number of unbranched alkanes of at least 4 members (excludes halogenated alkanes) is 5. The number of rotatable bonds is 33. The van der Waals surface area contributed by atoms with Crippen molar-refractivity contribution >= 4 is 19.8 Å². The minimum Gasteiger partial charge on any atom is -0.462 e. The van der Waals surface area contributed by atoms with Crippen LogP contribution in [0.25, 0.3) is 0 Å². The Hall–Kier alpha value is -3.29. The van der Waals surface area contributed by atoms with Crippen LogP contribution in [0.5, 0.6) is 0 Å². The van der Waals surface area contributed by atoms with Crippen molar-refractivity contribution in [3.8, 4) is 0 Å². The van der Waals surface area contributed by atoms with Gasteiger partial charge < -0.3 is 19.3 Å². The Balaban J connectivity index is 4.19. The fourth-order valence-electron chi connectivity index (χ4n) is 4.46. The van der Waals surface area contributed by atoms with Crippen molar-refractivity contribution in [1.29, 1.82) is 0 Å². The van der Waals surface area contributed by atoms with Gasteiger partial charge in [0.15, 0.2) is 6.10 Å². The number of carbonyl (C=O) groups is 2. The van der Waals surface area contributed by atoms with E-state index in [9.17, 15) is 14.2 Å². The van der Waals surface area contributed by atoms with E-state index in [2.05, 4.69) is 116 Å². The van der Waals surface area contributed by atoms with Gasteiger partial charge in [-0.1, -0.05) is 136 Å². The van der Waals surface area contributed by atoms with E-state index in [0.29, 0.717) is 12.8 Å². The Morgan fingerprint density at radius 3 is 1.38 bits per heavy atom. The summed E-state index contributed by atoms with van der Waals surface area (Å²) in [6.45, 7) is 3.41. The normalized spacial score (nSPS) is 13.7. The summed E-state index contributed by atoms with van der Waals surface area (Å²) in [6, 6.07) is 0. The summed E-state index contributed by atoms with van der Waals surface area (Å²) in [5.74, 6) is -1.04. The number of carbonyl (C=O) groups excluding carboxylic acids is 2. The second-order valence-electron chi connectivity index (χ2n) is 12.2. The van der Waals surface area contributed by atoms with Gasteiger partial charge in [-0.2, -0.15) is 0 Å². The molecule has 0 aliphatic rings. The number of allylic oxidation sites excluding steroid dienone is 18. The Morgan fingerprint density at radius 2 is 0.942 bits per heavy atom. The highest BCUT2D eigenvalue weighted by atomic mass is 31.2. The number of hydrogen-bond acceptors (Lipinski definition) is 6. The van der Waals surface area contributed by atoms with Gasteiger partial charge in [-0.25, -0.2) is 4.57 Å². The third-order valence-corrected chi connectivity index (χ3v) is 7.77. The first kappa shape index (κ1) is 48.7. The summed E-state index contributed by atoms with van der Waals surface area (Å²) >= 11 is 0. The van der Waals surface area contributed by atoms with Crippen molar-refractivity contribution in [2.45, 2.75) is 136 Å². The van der Waals surface area contributed by atoms with E-state index in [1.807, 2.05) is 12.2 Å². The lowest BCUT2D eigenvalue weighted by molar-refractivity contribution is -0.161. The first-order valence-corrected chi connectivity index (χ1v) is 20.7. The van der Waals surface area contributed by atoms with Gasteiger partial charge in [-0.3, -0.25) is 14.1 Å². The van der Waals surface area contributed by atoms with Gasteiger partial charge in [0.1, 0.15) is 6.61 Å². The van der Waals surface area contributed by atoms with Crippen LogP contribution in [0.1, 0.15) is 129 Å². The number of esters is 2. The van der Waals surface area contributed by atoms with Crippen molar-refractivity contribution in [1.82, 2.24) is 0 Å². The molecule has 0 aliphatic carbocycles. The number of hydrogen-bond donors (Lipinski definition) is 2. The van der Waals surface area contributed by atoms with E-state index >= 15 is 0 Å². The first-order chi connectivity index (χ1) is 25.3. The summed E-state index contributed by atoms with van der Waals surface area (Å²) in [5, 5.41) is 0. The molecule has 8 nitrogen and oxygen atoms in total. The number of phosphoric acid groups is 1. The lowest BCUT2D eigenvalue weighted by atomic mass is 10.1. The van der Waals surface area contributed by atoms with Crippen molar-refractivity contribution in [3.05, 3.63) is 109 Å². The van der Waals surface area contributed by atoms with E-state index in [0.717, 1.165) is 70.6 Å². The van der Waals surface area contributed by atoms with E-state index in [1.54, 1.807) is 0 Å². The molecular weight excluding hydrogens is 675 g/mol. The topological polar surface area (TPSA) is 119 Å². The van der Waals surface area contributed by atoms with Gasteiger partial charge in [0.2, 0.25) is 0 Å². The van der Waals surface area contributed by atoms with Crippen LogP contribution in [0.2, 0.25) is 0 Å². The predicted molar refractivity (Wildman–Crippen MR) is 216 cm³/mol. The Bertz CT molecular complexity index is 1200. The Morgan fingerprint density at radius 1 is 0.519 bits per heavy atom. The summed E-state index contributed by atoms with van der Waals surface area (Å²) in [6.07, 6.45) is 52.5. The standard InChI is InChI=1S/C43H67O8P/c1-3-5-7-9-11-13-15-17-19-20-21-22-24-25-27-29-31-33-35-37-42(44)49-39-41(40-50-52(46,47)48)51-43(45)38-36-34-32-30-28-26-23-18-16-14-12-10-8-6-4-2/h5,7,11-14,17-19,21-23,25,27-28,30-31,33,41H,3-4,6,8-10,15-16,20,24,26,29,32,34-40H2,1-2H3,(H2,46,47,48)/b7-5-,13-11-,14-12-,19-17-,22-21-,23-18-,27-25-,30-28-,33-31-/t41-/m1/s1. The molecule has 0 rings (SSSR count). The molecule has 0 heterocycles. The van der Waals surface area contributed by atoms with Crippen molar-refractivity contribution in [2.75, 3.05) is 13.2 Å². The number of phosphoric ester groups is 1. The molecule has 0 spiro atoms. The van der Waals surface area contributed by atoms with Gasteiger partial charge >= 0.3 is 19.8 Å². The molecule has 292 valence electrons. The molecule has 52 heavy (non-hydrogen) atoms. The third-order valence-electron chi connectivity index (χ3n) is 7.29. The third kappa shape index (κ3) is 39.5. The Kier molecular flexibility index (Phi) is 35.1. The molecule has 9 heteroatoms. The van der Waals surface area contributed by atoms with Crippen LogP contribution in [0, 0.1) is 0 Å². The molecule has 0 aromatic carbocycles. The molecule has 0 amide bonds. The van der Waals surface area contributed by atoms with Gasteiger partial charge in [-0.05, 0) is 89.9 Å². The molecule has 1 atom stereocenters. The average Bonchev–Trinajstić information content (AvgIpc) is 3.11. The highest BCUT2D eigenvalue weighted by Gasteiger charge is 2.22. The zero-order valence-electron chi connectivity index (χ0n) is 31.9. The molecule has 0 saturated carbocycles. The van der Waals surface area contributed by atoms with E-state index in [4.69, 9.17) is 19.3 Å². The van der Waals surface area contributed by atoms with Crippen LogP contribution in [0.3, 0.4) is 0 Å². The lowest BCUT2D eigenvalue weighted by Gasteiger charge is -2.18. The van der Waals surface area contributed by atoms with Gasteiger partial charge in [0.25, 0.3) is 0 Å². The van der Waals surface area contributed by atoms with E-state index < -0.39 is 32.5 Å². The first-order valence-electron chi connectivity index (χ1n) is 19.2. The highest BCUT2D eigenvalue weighted by Crippen LogP contribution is 2.35. The van der Waals surface area contributed by atoms with Crippen LogP contribution in [-0.2, 0) is 28.2 Å². The molecule has 0 radical (unpaired) electrons. The molecule has 0 fully saturated rings. The molecule has 0 aromatic rings. The van der Waals surface area contributed by atoms with E-state index in [-0.39, 0.29) is 19.4 Å². The maximum absolute atomic E-state index is 12.3. The van der Waals surface area contributed by atoms with Gasteiger partial charge in [0, 0.05) is 12.8 Å². The van der Waals surface area contributed by atoms with Crippen LogP contribution in [-0.4, -0.2) is 41.0 Å². The van der Waals surface area contributed by atoms with E-state index in [1.165, 1.54) is 19.3 Å². The molecule has 0 saturated heterocycles. The molecule has 2 N–H and O–H groups in total.